The Morgan fingerprint density at radius 1 is 1.22 bits per heavy atom. The molecule has 1 amide bonds. The number of hydrogen-bond acceptors (Lipinski definition) is 3. The van der Waals surface area contributed by atoms with Crippen molar-refractivity contribution in [2.24, 2.45) is 0 Å². The normalized spacial score (nSPS) is 10.1. The molecule has 92 valence electrons. The van der Waals surface area contributed by atoms with E-state index in [-0.39, 0.29) is 11.5 Å². The minimum Gasteiger partial charge on any atom is -0.305 e. The fourth-order valence-electron chi connectivity index (χ4n) is 1.35. The molecule has 0 saturated carbocycles. The first kappa shape index (κ1) is 12.5. The molecule has 2 N–H and O–H groups in total. The standard InChI is InChI=1S/C12H10BrN3O2/c13-7-8-1-3-9(4-2-8)12(18)14-10-5-6-11(17)16-15-10/h1-6H,7H2,(H,16,17)(H,14,15,18). The molecule has 0 unspecified atom stereocenters. The van der Waals surface area contributed by atoms with Crippen LogP contribution in [0.3, 0.4) is 0 Å². The molecule has 0 aliphatic heterocycles. The van der Waals surface area contributed by atoms with Crippen molar-refractivity contribution in [3.63, 3.8) is 0 Å². The second-order valence-electron chi connectivity index (χ2n) is 3.59. The van der Waals surface area contributed by atoms with Gasteiger partial charge in [0.1, 0.15) is 0 Å². The van der Waals surface area contributed by atoms with Gasteiger partial charge >= 0.3 is 0 Å². The lowest BCUT2D eigenvalue weighted by atomic mass is 10.1. The van der Waals surface area contributed by atoms with E-state index < -0.39 is 0 Å². The quantitative estimate of drug-likeness (QED) is 0.851. The molecule has 0 fully saturated rings. The summed E-state index contributed by atoms with van der Waals surface area (Å²) < 4.78 is 0. The minimum atomic E-state index is -0.310. The van der Waals surface area contributed by atoms with E-state index in [2.05, 4.69) is 31.4 Å². The van der Waals surface area contributed by atoms with Gasteiger partial charge in [-0.1, -0.05) is 28.1 Å². The molecule has 2 rings (SSSR count). The summed E-state index contributed by atoms with van der Waals surface area (Å²) >= 11 is 3.34. The number of carbonyl (C=O) groups is 1. The Kier molecular flexibility index (Phi) is 3.88. The van der Waals surface area contributed by atoms with Crippen LogP contribution in [-0.4, -0.2) is 16.1 Å². The summed E-state index contributed by atoms with van der Waals surface area (Å²) in [6.07, 6.45) is 0. The van der Waals surface area contributed by atoms with Gasteiger partial charge in [0.15, 0.2) is 5.82 Å². The monoisotopic (exact) mass is 307 g/mol. The molecule has 5 nitrogen and oxygen atoms in total. The van der Waals surface area contributed by atoms with Crippen LogP contribution in [0.25, 0.3) is 0 Å². The van der Waals surface area contributed by atoms with E-state index >= 15 is 0 Å². The molecule has 1 heterocycles. The van der Waals surface area contributed by atoms with Crippen molar-refractivity contribution < 1.29 is 4.79 Å². The van der Waals surface area contributed by atoms with Crippen LogP contribution < -0.4 is 10.9 Å². The third-order valence-electron chi connectivity index (χ3n) is 2.29. The van der Waals surface area contributed by atoms with Crippen molar-refractivity contribution in [3.05, 3.63) is 57.9 Å². The number of alkyl halides is 1. The summed E-state index contributed by atoms with van der Waals surface area (Å²) in [6.45, 7) is 0. The predicted molar refractivity (Wildman–Crippen MR) is 71.9 cm³/mol. The maximum atomic E-state index is 11.8. The Morgan fingerprint density at radius 3 is 2.50 bits per heavy atom. The zero-order chi connectivity index (χ0) is 13.0. The van der Waals surface area contributed by atoms with Gasteiger partial charge in [0.2, 0.25) is 0 Å². The van der Waals surface area contributed by atoms with Crippen LogP contribution in [0.1, 0.15) is 15.9 Å². The first-order chi connectivity index (χ1) is 8.69. The van der Waals surface area contributed by atoms with Crippen molar-refractivity contribution in [3.8, 4) is 0 Å². The summed E-state index contributed by atoms with van der Waals surface area (Å²) in [5, 5.41) is 9.29. The average molecular weight is 308 g/mol. The molecular weight excluding hydrogens is 298 g/mol. The minimum absolute atomic E-state index is 0.268. The maximum Gasteiger partial charge on any atom is 0.264 e. The molecule has 0 saturated heterocycles. The number of H-pyrrole nitrogens is 1. The van der Waals surface area contributed by atoms with E-state index in [1.165, 1.54) is 12.1 Å². The second-order valence-corrected chi connectivity index (χ2v) is 4.15. The smallest absolute Gasteiger partial charge is 0.264 e. The number of aromatic amines is 1. The Balaban J connectivity index is 2.11. The van der Waals surface area contributed by atoms with Gasteiger partial charge in [0.05, 0.1) is 0 Å². The van der Waals surface area contributed by atoms with Gasteiger partial charge in [-0.15, -0.1) is 0 Å². The number of halogens is 1. The number of nitrogens with one attached hydrogen (secondary N) is 2. The Labute approximate surface area is 111 Å². The van der Waals surface area contributed by atoms with E-state index in [4.69, 9.17) is 0 Å². The topological polar surface area (TPSA) is 74.8 Å². The van der Waals surface area contributed by atoms with Crippen LogP contribution in [0.2, 0.25) is 0 Å². The number of hydrogen-bond donors (Lipinski definition) is 2. The first-order valence-corrected chi connectivity index (χ1v) is 6.33. The number of benzene rings is 1. The van der Waals surface area contributed by atoms with E-state index in [0.29, 0.717) is 11.4 Å². The van der Waals surface area contributed by atoms with Gasteiger partial charge in [-0.3, -0.25) is 9.59 Å². The number of aromatic nitrogens is 2. The van der Waals surface area contributed by atoms with Gasteiger partial charge in [0, 0.05) is 17.0 Å². The molecule has 2 aromatic rings. The summed E-state index contributed by atoms with van der Waals surface area (Å²) in [5.41, 5.74) is 1.32. The van der Waals surface area contributed by atoms with Gasteiger partial charge in [-0.25, -0.2) is 5.10 Å². The third-order valence-corrected chi connectivity index (χ3v) is 2.94. The van der Waals surface area contributed by atoms with Crippen LogP contribution in [0, 0.1) is 0 Å². The van der Waals surface area contributed by atoms with Crippen molar-refractivity contribution in [2.75, 3.05) is 5.32 Å². The number of rotatable bonds is 3. The summed E-state index contributed by atoms with van der Waals surface area (Å²) in [6, 6.07) is 9.95. The lowest BCUT2D eigenvalue weighted by molar-refractivity contribution is 0.102. The number of anilines is 1. The zero-order valence-corrected chi connectivity index (χ0v) is 10.9. The molecule has 6 heteroatoms. The van der Waals surface area contributed by atoms with E-state index in [1.54, 1.807) is 12.1 Å². The molecule has 0 aliphatic rings. The Bertz CT molecular complexity index is 587. The van der Waals surface area contributed by atoms with Crippen LogP contribution >= 0.6 is 15.9 Å². The Hall–Kier alpha value is -1.95. The van der Waals surface area contributed by atoms with Gasteiger partial charge < -0.3 is 5.32 Å². The molecule has 0 bridgehead atoms. The fraction of sp³-hybridized carbons (Fsp3) is 0.0833. The van der Waals surface area contributed by atoms with Gasteiger partial charge in [-0.05, 0) is 23.8 Å². The first-order valence-electron chi connectivity index (χ1n) is 5.21. The lowest BCUT2D eigenvalue weighted by Crippen LogP contribution is -2.15. The number of nitrogens with zero attached hydrogens (tertiary/aromatic N) is 1. The molecule has 0 spiro atoms. The van der Waals surface area contributed by atoms with Crippen molar-refractivity contribution >= 4 is 27.7 Å². The van der Waals surface area contributed by atoms with Crippen molar-refractivity contribution in [1.82, 2.24) is 10.2 Å². The van der Waals surface area contributed by atoms with E-state index in [0.717, 1.165) is 10.9 Å². The van der Waals surface area contributed by atoms with E-state index in [1.807, 2.05) is 12.1 Å². The van der Waals surface area contributed by atoms with Gasteiger partial charge in [0.25, 0.3) is 11.5 Å². The molecule has 1 aromatic heterocycles. The molecular formula is C12H10BrN3O2. The molecule has 1 aromatic carbocycles. The second kappa shape index (κ2) is 5.59. The molecule has 0 aliphatic carbocycles. The Morgan fingerprint density at radius 2 is 1.94 bits per heavy atom. The average Bonchev–Trinajstić information content (AvgIpc) is 2.41. The van der Waals surface area contributed by atoms with Crippen molar-refractivity contribution in [2.45, 2.75) is 5.33 Å². The van der Waals surface area contributed by atoms with Crippen molar-refractivity contribution in [1.29, 1.82) is 0 Å². The third kappa shape index (κ3) is 3.04. The zero-order valence-electron chi connectivity index (χ0n) is 9.31. The molecule has 0 atom stereocenters. The highest BCUT2D eigenvalue weighted by atomic mass is 79.9. The lowest BCUT2D eigenvalue weighted by Gasteiger charge is -2.04. The highest BCUT2D eigenvalue weighted by Crippen LogP contribution is 2.09. The van der Waals surface area contributed by atoms with E-state index in [9.17, 15) is 9.59 Å². The van der Waals surface area contributed by atoms with Crippen LogP contribution in [0.5, 0.6) is 0 Å². The van der Waals surface area contributed by atoms with Gasteiger partial charge in [-0.2, -0.15) is 5.10 Å². The number of carbonyl (C=O) groups excluding carboxylic acids is 1. The fourth-order valence-corrected chi connectivity index (χ4v) is 1.72. The predicted octanol–water partition coefficient (Wildman–Crippen LogP) is 1.92. The largest absolute Gasteiger partial charge is 0.305 e. The summed E-state index contributed by atoms with van der Waals surface area (Å²) in [4.78, 5) is 22.7. The molecule has 18 heavy (non-hydrogen) atoms. The van der Waals surface area contributed by atoms with Crippen LogP contribution in [0.15, 0.2) is 41.2 Å². The SMILES string of the molecule is O=C(Nc1ccc(=O)[nH]n1)c1ccc(CBr)cc1. The highest BCUT2D eigenvalue weighted by Gasteiger charge is 2.06. The summed E-state index contributed by atoms with van der Waals surface area (Å²) in [5.74, 6) is 0.0415. The van der Waals surface area contributed by atoms with Crippen LogP contribution in [-0.2, 0) is 5.33 Å². The summed E-state index contributed by atoms with van der Waals surface area (Å²) in [7, 11) is 0. The number of amides is 1. The maximum absolute atomic E-state index is 11.8. The molecule has 0 radical (unpaired) electrons. The highest BCUT2D eigenvalue weighted by molar-refractivity contribution is 9.08. The van der Waals surface area contributed by atoms with Crippen LogP contribution in [0.4, 0.5) is 5.82 Å².